The summed E-state index contributed by atoms with van der Waals surface area (Å²) in [5.74, 6) is 0.169. The van der Waals surface area contributed by atoms with Crippen LogP contribution in [-0.4, -0.2) is 21.9 Å². The molecule has 21 heavy (non-hydrogen) atoms. The van der Waals surface area contributed by atoms with Gasteiger partial charge < -0.3 is 10.7 Å². The highest BCUT2D eigenvalue weighted by atomic mass is 16.2. The number of aromatic amines is 1. The van der Waals surface area contributed by atoms with Gasteiger partial charge in [0.05, 0.1) is 17.1 Å². The van der Waals surface area contributed by atoms with Crippen molar-refractivity contribution in [3.05, 3.63) is 60.2 Å². The Labute approximate surface area is 122 Å². The number of nitrogens with zero attached hydrogens (tertiary/aromatic N) is 1. The number of nitrogens with two attached hydrogens (primary N) is 1. The van der Waals surface area contributed by atoms with Crippen LogP contribution in [0, 0.1) is 0 Å². The first-order valence-electron chi connectivity index (χ1n) is 6.77. The molecule has 0 fully saturated rings. The van der Waals surface area contributed by atoms with E-state index in [0.29, 0.717) is 12.4 Å². The van der Waals surface area contributed by atoms with E-state index in [1.165, 1.54) is 0 Å². The molecule has 0 bridgehead atoms. The van der Waals surface area contributed by atoms with Crippen LogP contribution in [0.4, 0.5) is 5.95 Å². The fourth-order valence-electron chi connectivity index (χ4n) is 2.18. The summed E-state index contributed by atoms with van der Waals surface area (Å²) in [5.41, 5.74) is 8.66. The van der Waals surface area contributed by atoms with E-state index >= 15 is 0 Å². The Hall–Kier alpha value is -2.66. The highest BCUT2D eigenvalue weighted by Crippen LogP contribution is 2.13. The van der Waals surface area contributed by atoms with Crippen LogP contribution in [0.5, 0.6) is 0 Å². The number of fused-ring (bicyclic) bond motifs is 1. The fraction of sp³-hybridized carbons (Fsp3) is 0.125. The van der Waals surface area contributed by atoms with Gasteiger partial charge in [-0.2, -0.15) is 0 Å². The summed E-state index contributed by atoms with van der Waals surface area (Å²) in [7, 11) is 0. The second-order valence-electron chi connectivity index (χ2n) is 4.89. The van der Waals surface area contributed by atoms with Crippen LogP contribution in [0.3, 0.4) is 0 Å². The Kier molecular flexibility index (Phi) is 3.66. The number of para-hydroxylation sites is 2. The zero-order valence-corrected chi connectivity index (χ0v) is 11.4. The van der Waals surface area contributed by atoms with Crippen LogP contribution in [-0.2, 0) is 11.2 Å². The second-order valence-corrected chi connectivity index (χ2v) is 4.89. The lowest BCUT2D eigenvalue weighted by Gasteiger charge is -2.10. The third kappa shape index (κ3) is 3.09. The monoisotopic (exact) mass is 280 g/mol. The van der Waals surface area contributed by atoms with Crippen LogP contribution in [0.15, 0.2) is 54.6 Å². The predicted molar refractivity (Wildman–Crippen MR) is 82.8 cm³/mol. The van der Waals surface area contributed by atoms with Gasteiger partial charge in [-0.3, -0.25) is 10.1 Å². The Bertz CT molecular complexity index is 718. The van der Waals surface area contributed by atoms with Gasteiger partial charge >= 0.3 is 0 Å². The number of anilines is 1. The molecule has 4 N–H and O–H groups in total. The average Bonchev–Trinajstić information content (AvgIpc) is 2.90. The maximum atomic E-state index is 12.1. The van der Waals surface area contributed by atoms with Gasteiger partial charge in [-0.05, 0) is 24.1 Å². The molecule has 0 unspecified atom stereocenters. The number of hydrogen-bond donors (Lipinski definition) is 3. The van der Waals surface area contributed by atoms with Crippen molar-refractivity contribution in [1.82, 2.24) is 9.97 Å². The fourth-order valence-corrected chi connectivity index (χ4v) is 2.18. The van der Waals surface area contributed by atoms with E-state index in [4.69, 9.17) is 5.73 Å². The zero-order chi connectivity index (χ0) is 14.7. The number of amides is 1. The summed E-state index contributed by atoms with van der Waals surface area (Å²) >= 11 is 0. The SMILES string of the molecule is N[C@@H](Cc1ccccc1)C(=O)Nc1nc2ccccc2[nH]1. The first kappa shape index (κ1) is 13.3. The number of aromatic nitrogens is 2. The zero-order valence-electron chi connectivity index (χ0n) is 11.4. The van der Waals surface area contributed by atoms with E-state index in [1.807, 2.05) is 54.6 Å². The smallest absolute Gasteiger partial charge is 0.243 e. The number of H-pyrrole nitrogens is 1. The molecule has 1 amide bonds. The van der Waals surface area contributed by atoms with Crippen LogP contribution >= 0.6 is 0 Å². The lowest BCUT2D eigenvalue weighted by Crippen LogP contribution is -2.37. The molecule has 0 aliphatic carbocycles. The molecule has 0 spiro atoms. The summed E-state index contributed by atoms with van der Waals surface area (Å²) < 4.78 is 0. The number of carbonyl (C=O) groups excluding carboxylic acids is 1. The van der Waals surface area contributed by atoms with Gasteiger partial charge in [0.25, 0.3) is 0 Å². The molecule has 3 rings (SSSR count). The minimum Gasteiger partial charge on any atom is -0.324 e. The van der Waals surface area contributed by atoms with Gasteiger partial charge in [0.15, 0.2) is 0 Å². The lowest BCUT2D eigenvalue weighted by molar-refractivity contribution is -0.117. The molecule has 0 radical (unpaired) electrons. The van der Waals surface area contributed by atoms with Crippen LogP contribution in [0.2, 0.25) is 0 Å². The Morgan fingerprint density at radius 2 is 1.86 bits per heavy atom. The van der Waals surface area contributed by atoms with E-state index in [2.05, 4.69) is 15.3 Å². The van der Waals surface area contributed by atoms with Gasteiger partial charge in [-0.15, -0.1) is 0 Å². The van der Waals surface area contributed by atoms with Crippen molar-refractivity contribution < 1.29 is 4.79 Å². The van der Waals surface area contributed by atoms with Crippen LogP contribution in [0.25, 0.3) is 11.0 Å². The molecule has 5 heteroatoms. The standard InChI is InChI=1S/C16H16N4O/c17-12(10-11-6-2-1-3-7-11)15(21)20-16-18-13-8-4-5-9-14(13)19-16/h1-9,12H,10,17H2,(H2,18,19,20,21)/t12-/m0/s1. The molecule has 1 aromatic heterocycles. The summed E-state index contributed by atoms with van der Waals surface area (Å²) in [6.45, 7) is 0. The van der Waals surface area contributed by atoms with Crippen molar-refractivity contribution in [1.29, 1.82) is 0 Å². The maximum Gasteiger partial charge on any atom is 0.243 e. The van der Waals surface area contributed by atoms with Crippen molar-refractivity contribution in [3.63, 3.8) is 0 Å². The van der Waals surface area contributed by atoms with Crippen LogP contribution in [0.1, 0.15) is 5.56 Å². The number of benzene rings is 2. The molecule has 1 heterocycles. The molecular weight excluding hydrogens is 264 g/mol. The molecule has 5 nitrogen and oxygen atoms in total. The number of hydrogen-bond acceptors (Lipinski definition) is 3. The average molecular weight is 280 g/mol. The van der Waals surface area contributed by atoms with E-state index < -0.39 is 6.04 Å². The maximum absolute atomic E-state index is 12.1. The summed E-state index contributed by atoms with van der Waals surface area (Å²) in [6, 6.07) is 16.7. The third-order valence-corrected chi connectivity index (χ3v) is 3.27. The quantitative estimate of drug-likeness (QED) is 0.684. The minimum absolute atomic E-state index is 0.252. The van der Waals surface area contributed by atoms with Crippen molar-refractivity contribution in [2.24, 2.45) is 5.73 Å². The largest absolute Gasteiger partial charge is 0.324 e. The van der Waals surface area contributed by atoms with E-state index in [1.54, 1.807) is 0 Å². The lowest BCUT2D eigenvalue weighted by atomic mass is 10.1. The van der Waals surface area contributed by atoms with Gasteiger partial charge in [0.2, 0.25) is 11.9 Å². The Morgan fingerprint density at radius 1 is 1.14 bits per heavy atom. The molecule has 0 saturated carbocycles. The molecule has 0 aliphatic rings. The molecule has 0 saturated heterocycles. The van der Waals surface area contributed by atoms with Crippen molar-refractivity contribution in [2.45, 2.75) is 12.5 Å². The Morgan fingerprint density at radius 3 is 2.62 bits per heavy atom. The summed E-state index contributed by atoms with van der Waals surface area (Å²) in [4.78, 5) is 19.4. The van der Waals surface area contributed by atoms with Crippen LogP contribution < -0.4 is 11.1 Å². The first-order valence-corrected chi connectivity index (χ1v) is 6.77. The summed E-state index contributed by atoms with van der Waals surface area (Å²) in [5, 5.41) is 2.72. The van der Waals surface area contributed by atoms with E-state index in [0.717, 1.165) is 16.6 Å². The molecule has 1 atom stereocenters. The first-order chi connectivity index (χ1) is 10.2. The van der Waals surface area contributed by atoms with Gasteiger partial charge in [0, 0.05) is 0 Å². The topological polar surface area (TPSA) is 83.8 Å². The highest BCUT2D eigenvalue weighted by Gasteiger charge is 2.15. The van der Waals surface area contributed by atoms with Gasteiger partial charge in [-0.1, -0.05) is 42.5 Å². The molecule has 3 aromatic rings. The Balaban J connectivity index is 1.68. The normalized spacial score (nSPS) is 12.2. The van der Waals surface area contributed by atoms with Gasteiger partial charge in [-0.25, -0.2) is 4.98 Å². The number of nitrogens with one attached hydrogen (secondary N) is 2. The van der Waals surface area contributed by atoms with Crippen molar-refractivity contribution >= 4 is 22.9 Å². The number of carbonyl (C=O) groups is 1. The summed E-state index contributed by atoms with van der Waals surface area (Å²) in [6.07, 6.45) is 0.493. The van der Waals surface area contributed by atoms with Crippen molar-refractivity contribution in [2.75, 3.05) is 5.32 Å². The second kappa shape index (κ2) is 5.76. The molecule has 2 aromatic carbocycles. The molecular formula is C16H16N4O. The molecule has 106 valence electrons. The highest BCUT2D eigenvalue weighted by molar-refractivity contribution is 5.94. The number of rotatable bonds is 4. The number of imidazole rings is 1. The van der Waals surface area contributed by atoms with Crippen molar-refractivity contribution in [3.8, 4) is 0 Å². The van der Waals surface area contributed by atoms with Gasteiger partial charge in [0.1, 0.15) is 0 Å². The molecule has 0 aliphatic heterocycles. The van der Waals surface area contributed by atoms with E-state index in [9.17, 15) is 4.79 Å². The predicted octanol–water partition coefficient (Wildman–Crippen LogP) is 2.07. The minimum atomic E-state index is -0.611. The van der Waals surface area contributed by atoms with E-state index in [-0.39, 0.29) is 5.91 Å². The third-order valence-electron chi connectivity index (χ3n) is 3.27.